The molecule has 0 saturated heterocycles. The van der Waals surface area contributed by atoms with Gasteiger partial charge in [0.1, 0.15) is 5.76 Å². The SMILES string of the molecule is Nc1ncc(-c2cnn([C@H]3CCC[C@@H](O)C3)c2)c2cc(-c3csc4cnccc34)oc12. The van der Waals surface area contributed by atoms with Gasteiger partial charge in [-0.25, -0.2) is 4.98 Å². The summed E-state index contributed by atoms with van der Waals surface area (Å²) in [6.45, 7) is 0. The summed E-state index contributed by atoms with van der Waals surface area (Å²) in [5.41, 5.74) is 9.66. The van der Waals surface area contributed by atoms with Crippen LogP contribution in [0, 0.1) is 0 Å². The summed E-state index contributed by atoms with van der Waals surface area (Å²) in [5.74, 6) is 1.13. The van der Waals surface area contributed by atoms with Gasteiger partial charge < -0.3 is 15.3 Å². The van der Waals surface area contributed by atoms with Gasteiger partial charge in [0.2, 0.25) is 0 Å². The Balaban J connectivity index is 1.44. The van der Waals surface area contributed by atoms with E-state index < -0.39 is 0 Å². The lowest BCUT2D eigenvalue weighted by atomic mass is 9.93. The molecule has 0 aliphatic heterocycles. The summed E-state index contributed by atoms with van der Waals surface area (Å²) in [5, 5.41) is 18.7. The van der Waals surface area contributed by atoms with Crippen molar-refractivity contribution in [1.82, 2.24) is 19.7 Å². The highest BCUT2D eigenvalue weighted by molar-refractivity contribution is 7.17. The Morgan fingerprint density at radius 1 is 1.16 bits per heavy atom. The summed E-state index contributed by atoms with van der Waals surface area (Å²) >= 11 is 1.64. The minimum Gasteiger partial charge on any atom is -0.452 e. The highest BCUT2D eigenvalue weighted by Crippen LogP contribution is 2.40. The van der Waals surface area contributed by atoms with Gasteiger partial charge in [0.25, 0.3) is 0 Å². The van der Waals surface area contributed by atoms with Crippen LogP contribution in [0.5, 0.6) is 0 Å². The minimum absolute atomic E-state index is 0.223. The molecule has 5 heterocycles. The van der Waals surface area contributed by atoms with Crippen molar-refractivity contribution < 1.29 is 9.52 Å². The number of fused-ring (bicyclic) bond motifs is 2. The second-order valence-corrected chi connectivity index (χ2v) is 9.03. The Morgan fingerprint density at radius 3 is 3.00 bits per heavy atom. The van der Waals surface area contributed by atoms with Crippen molar-refractivity contribution in [3.63, 3.8) is 0 Å². The molecule has 0 amide bonds. The zero-order chi connectivity index (χ0) is 20.9. The van der Waals surface area contributed by atoms with Gasteiger partial charge >= 0.3 is 0 Å². The number of aliphatic hydroxyl groups excluding tert-OH is 1. The van der Waals surface area contributed by atoms with Crippen LogP contribution in [0.25, 0.3) is 43.5 Å². The molecule has 156 valence electrons. The Kier molecular flexibility index (Phi) is 4.29. The normalized spacial score (nSPS) is 19.4. The highest BCUT2D eigenvalue weighted by Gasteiger charge is 2.23. The van der Waals surface area contributed by atoms with Gasteiger partial charge in [-0.2, -0.15) is 5.10 Å². The van der Waals surface area contributed by atoms with Crippen LogP contribution in [0.2, 0.25) is 0 Å². The zero-order valence-electron chi connectivity index (χ0n) is 16.7. The van der Waals surface area contributed by atoms with E-state index in [1.807, 2.05) is 35.4 Å². The number of nitrogen functional groups attached to an aromatic ring is 1. The first-order chi connectivity index (χ1) is 15.2. The molecule has 0 unspecified atom stereocenters. The number of hydrogen-bond donors (Lipinski definition) is 2. The number of anilines is 1. The second kappa shape index (κ2) is 7.18. The van der Waals surface area contributed by atoms with Gasteiger partial charge in [0, 0.05) is 57.6 Å². The number of aromatic nitrogens is 4. The fourth-order valence-corrected chi connectivity index (χ4v) is 5.45. The number of aliphatic hydroxyl groups is 1. The van der Waals surface area contributed by atoms with E-state index in [1.165, 1.54) is 0 Å². The third-order valence-electron chi connectivity index (χ3n) is 6.14. The number of nitrogens with two attached hydrogens (primary N) is 1. The lowest BCUT2D eigenvalue weighted by Gasteiger charge is -2.25. The molecule has 3 N–H and O–H groups in total. The third-order valence-corrected chi connectivity index (χ3v) is 7.07. The summed E-state index contributed by atoms with van der Waals surface area (Å²) in [4.78, 5) is 8.57. The van der Waals surface area contributed by atoms with E-state index in [2.05, 4.69) is 20.4 Å². The van der Waals surface area contributed by atoms with Crippen LogP contribution in [0.4, 0.5) is 5.82 Å². The second-order valence-electron chi connectivity index (χ2n) is 8.12. The summed E-state index contributed by atoms with van der Waals surface area (Å²) in [6.07, 6.45) is 12.7. The number of rotatable bonds is 3. The largest absolute Gasteiger partial charge is 0.452 e. The molecule has 8 heteroatoms. The molecule has 5 aromatic heterocycles. The van der Waals surface area contributed by atoms with Gasteiger partial charge in [-0.1, -0.05) is 0 Å². The number of pyridine rings is 2. The monoisotopic (exact) mass is 431 g/mol. The molecule has 1 fully saturated rings. The topological polar surface area (TPSA) is 103 Å². The highest BCUT2D eigenvalue weighted by atomic mass is 32.1. The first kappa shape index (κ1) is 18.5. The van der Waals surface area contributed by atoms with Crippen LogP contribution in [-0.2, 0) is 0 Å². The molecule has 0 spiro atoms. The number of furan rings is 1. The Bertz CT molecular complexity index is 1400. The first-order valence-corrected chi connectivity index (χ1v) is 11.3. The van der Waals surface area contributed by atoms with Crippen molar-refractivity contribution in [3.05, 3.63) is 48.5 Å². The number of thiophene rings is 1. The first-order valence-electron chi connectivity index (χ1n) is 10.4. The van der Waals surface area contributed by atoms with Crippen molar-refractivity contribution in [1.29, 1.82) is 0 Å². The van der Waals surface area contributed by atoms with Crippen LogP contribution in [0.3, 0.4) is 0 Å². The Hall–Kier alpha value is -3.23. The summed E-state index contributed by atoms with van der Waals surface area (Å²) < 4.78 is 9.27. The predicted molar refractivity (Wildman–Crippen MR) is 122 cm³/mol. The molecule has 1 aliphatic carbocycles. The van der Waals surface area contributed by atoms with E-state index in [-0.39, 0.29) is 12.1 Å². The maximum atomic E-state index is 10.0. The van der Waals surface area contributed by atoms with E-state index in [9.17, 15) is 5.11 Å². The van der Waals surface area contributed by atoms with Crippen LogP contribution in [0.15, 0.2) is 52.9 Å². The van der Waals surface area contributed by atoms with Crippen LogP contribution >= 0.6 is 11.3 Å². The zero-order valence-corrected chi connectivity index (χ0v) is 17.5. The lowest BCUT2D eigenvalue weighted by Crippen LogP contribution is -2.22. The van der Waals surface area contributed by atoms with Gasteiger partial charge in [0.05, 0.1) is 23.0 Å². The van der Waals surface area contributed by atoms with Gasteiger partial charge in [-0.05, 0) is 37.8 Å². The van der Waals surface area contributed by atoms with E-state index in [0.717, 1.165) is 63.6 Å². The lowest BCUT2D eigenvalue weighted by molar-refractivity contribution is 0.100. The Labute approximate surface area is 182 Å². The van der Waals surface area contributed by atoms with E-state index in [4.69, 9.17) is 10.2 Å². The van der Waals surface area contributed by atoms with E-state index >= 15 is 0 Å². The van der Waals surface area contributed by atoms with E-state index in [1.54, 1.807) is 23.7 Å². The van der Waals surface area contributed by atoms with Crippen molar-refractivity contribution in [3.8, 4) is 22.5 Å². The number of hydrogen-bond acceptors (Lipinski definition) is 7. The molecule has 6 rings (SSSR count). The Morgan fingerprint density at radius 2 is 2.10 bits per heavy atom. The maximum absolute atomic E-state index is 10.0. The van der Waals surface area contributed by atoms with E-state index in [0.29, 0.717) is 11.4 Å². The molecule has 1 saturated carbocycles. The van der Waals surface area contributed by atoms with Crippen LogP contribution < -0.4 is 5.73 Å². The molecule has 0 bridgehead atoms. The molecule has 5 aromatic rings. The smallest absolute Gasteiger partial charge is 0.177 e. The number of nitrogens with zero attached hydrogens (tertiary/aromatic N) is 4. The average molecular weight is 432 g/mol. The third kappa shape index (κ3) is 3.10. The van der Waals surface area contributed by atoms with Crippen LogP contribution in [-0.4, -0.2) is 31.0 Å². The molecular weight excluding hydrogens is 410 g/mol. The van der Waals surface area contributed by atoms with Crippen molar-refractivity contribution in [2.75, 3.05) is 5.73 Å². The molecule has 0 radical (unpaired) electrons. The summed E-state index contributed by atoms with van der Waals surface area (Å²) in [7, 11) is 0. The summed E-state index contributed by atoms with van der Waals surface area (Å²) in [6, 6.07) is 4.26. The van der Waals surface area contributed by atoms with Crippen molar-refractivity contribution in [2.45, 2.75) is 37.8 Å². The van der Waals surface area contributed by atoms with Gasteiger partial charge in [0.15, 0.2) is 11.4 Å². The standard InChI is InChI=1S/C23H21N5O2S/c24-23-22-17(7-20(30-22)19-12-31-21-10-25-5-4-16(19)21)18(9-26-23)13-8-27-28(11-13)14-2-1-3-15(29)6-14/h4-5,7-12,14-15,29H,1-3,6H2,(H2,24,26)/t14-,15+/m0/s1. The molecule has 1 aliphatic rings. The maximum Gasteiger partial charge on any atom is 0.177 e. The minimum atomic E-state index is -0.247. The predicted octanol–water partition coefficient (Wildman–Crippen LogP) is 5.03. The van der Waals surface area contributed by atoms with Crippen molar-refractivity contribution in [2.24, 2.45) is 0 Å². The molecule has 7 nitrogen and oxygen atoms in total. The molecular formula is C23H21N5O2S. The van der Waals surface area contributed by atoms with Crippen LogP contribution in [0.1, 0.15) is 31.7 Å². The molecule has 31 heavy (non-hydrogen) atoms. The quantitative estimate of drug-likeness (QED) is 0.415. The average Bonchev–Trinajstić information content (AvgIpc) is 3.52. The van der Waals surface area contributed by atoms with Gasteiger partial charge in [-0.15, -0.1) is 11.3 Å². The van der Waals surface area contributed by atoms with Crippen molar-refractivity contribution >= 4 is 38.2 Å². The fourth-order valence-electron chi connectivity index (χ4n) is 4.54. The van der Waals surface area contributed by atoms with Gasteiger partial charge in [-0.3, -0.25) is 9.67 Å². The molecule has 2 atom stereocenters. The fraction of sp³-hybridized carbons (Fsp3) is 0.261. The molecule has 0 aromatic carbocycles.